The first kappa shape index (κ1) is 30.8. The lowest BCUT2D eigenvalue weighted by Gasteiger charge is -2.50. The monoisotopic (exact) mass is 584 g/mol. The average Bonchev–Trinajstić information content (AvgIpc) is 2.77. The number of nitrogen functional groups attached to an aromatic ring is 1. The second-order valence-electron chi connectivity index (χ2n) is 10.4. The van der Waals surface area contributed by atoms with E-state index in [2.05, 4.69) is 5.32 Å². The molecule has 3 aliphatic carbocycles. The molecule has 3 aliphatic rings. The van der Waals surface area contributed by atoms with Gasteiger partial charge in [0, 0.05) is 23.2 Å². The number of carbonyl (C=O) groups excluding carboxylic acids is 3. The minimum atomic E-state index is -4.67. The number of hydrogen-bond donors (Lipinski definition) is 9. The number of phenols is 1. The molecule has 0 aromatic heterocycles. The molecule has 16 heteroatoms. The van der Waals surface area contributed by atoms with Gasteiger partial charge >= 0.3 is 10.4 Å². The Balaban J connectivity index is 0.000000810. The summed E-state index contributed by atoms with van der Waals surface area (Å²) >= 11 is 0. The van der Waals surface area contributed by atoms with E-state index in [4.69, 9.17) is 29.0 Å². The van der Waals surface area contributed by atoms with Gasteiger partial charge in [-0.3, -0.25) is 28.4 Å². The number of aliphatic hydroxyl groups excluding tert-OH is 2. The first-order valence-corrected chi connectivity index (χ1v) is 13.4. The highest BCUT2D eigenvalue weighted by atomic mass is 32.3. The summed E-state index contributed by atoms with van der Waals surface area (Å²) in [5.41, 5.74) is 8.60. The van der Waals surface area contributed by atoms with Crippen LogP contribution in [0.25, 0.3) is 5.76 Å². The quantitative estimate of drug-likeness (QED) is 0.0723. The van der Waals surface area contributed by atoms with Crippen molar-refractivity contribution in [3.05, 3.63) is 34.1 Å². The highest BCUT2D eigenvalue weighted by Crippen LogP contribution is 2.54. The van der Waals surface area contributed by atoms with Crippen LogP contribution in [-0.2, 0) is 31.2 Å². The Kier molecular flexibility index (Phi) is 7.99. The second kappa shape index (κ2) is 10.4. The largest absolute Gasteiger partial charge is 0.508 e. The molecule has 220 valence electrons. The normalized spacial score (nSPS) is 26.2. The molecule has 0 heterocycles. The zero-order chi connectivity index (χ0) is 30.6. The Labute approximate surface area is 229 Å². The number of carbonyl (C=O) groups is 3. The number of nitrogens with zero attached hydrogens (tertiary/aromatic N) is 1. The highest BCUT2D eigenvalue weighted by molar-refractivity contribution is 7.79. The molecule has 0 spiro atoms. The van der Waals surface area contributed by atoms with Gasteiger partial charge in [-0.1, -0.05) is 0 Å². The molecule has 1 amide bonds. The van der Waals surface area contributed by atoms with Crippen molar-refractivity contribution in [2.75, 3.05) is 25.1 Å². The molecule has 40 heavy (non-hydrogen) atoms. The molecule has 0 saturated heterocycles. The zero-order valence-electron chi connectivity index (χ0n) is 22.0. The molecule has 15 nitrogen and oxygen atoms in total. The van der Waals surface area contributed by atoms with Crippen LogP contribution >= 0.6 is 0 Å². The fourth-order valence-electron chi connectivity index (χ4n) is 5.77. The predicted octanol–water partition coefficient (Wildman–Crippen LogP) is -0.286. The van der Waals surface area contributed by atoms with E-state index in [-0.39, 0.29) is 35.7 Å². The number of aliphatic hydroxyl groups is 3. The van der Waals surface area contributed by atoms with Crippen molar-refractivity contribution in [3.63, 3.8) is 0 Å². The smallest absolute Gasteiger partial charge is 0.394 e. The van der Waals surface area contributed by atoms with Gasteiger partial charge < -0.3 is 37.2 Å². The third-order valence-electron chi connectivity index (χ3n) is 7.19. The molecular weight excluding hydrogens is 552 g/mol. The van der Waals surface area contributed by atoms with Crippen LogP contribution in [-0.4, -0.2) is 92.1 Å². The van der Waals surface area contributed by atoms with Gasteiger partial charge in [0.1, 0.15) is 22.8 Å². The number of phenolic OH excluding ortho intramolecular Hbond substituents is 1. The number of benzene rings is 1. The van der Waals surface area contributed by atoms with Gasteiger partial charge in [0.25, 0.3) is 5.91 Å². The molecular formula is C24H32N4O11S. The van der Waals surface area contributed by atoms with Crippen LogP contribution in [0, 0.1) is 11.8 Å². The van der Waals surface area contributed by atoms with Gasteiger partial charge in [-0.25, -0.2) is 0 Å². The van der Waals surface area contributed by atoms with Gasteiger partial charge in [0.15, 0.2) is 11.4 Å². The molecule has 0 radical (unpaired) electrons. The summed E-state index contributed by atoms with van der Waals surface area (Å²) in [6, 6.07) is 0.422. The Morgan fingerprint density at radius 1 is 1.18 bits per heavy atom. The van der Waals surface area contributed by atoms with Crippen LogP contribution in [0.3, 0.4) is 0 Å². The van der Waals surface area contributed by atoms with Crippen LogP contribution in [0.15, 0.2) is 23.0 Å². The summed E-state index contributed by atoms with van der Waals surface area (Å²) in [7, 11) is -1.56. The molecule has 1 aromatic carbocycles. The van der Waals surface area contributed by atoms with Crippen LogP contribution < -0.4 is 16.8 Å². The molecule has 0 bridgehead atoms. The van der Waals surface area contributed by atoms with Crippen molar-refractivity contribution < 1.29 is 52.3 Å². The number of nitrogens with one attached hydrogen (secondary N) is 1. The molecule has 1 aromatic rings. The number of ketones is 2. The van der Waals surface area contributed by atoms with E-state index < -0.39 is 74.2 Å². The Morgan fingerprint density at radius 2 is 1.73 bits per heavy atom. The average molecular weight is 585 g/mol. The van der Waals surface area contributed by atoms with Crippen molar-refractivity contribution in [3.8, 4) is 5.75 Å². The number of nitrogens with two attached hydrogens (primary N) is 2. The van der Waals surface area contributed by atoms with E-state index >= 15 is 0 Å². The number of primary amides is 1. The number of anilines is 2. The number of fused-ring (bicyclic) bond motifs is 3. The van der Waals surface area contributed by atoms with Crippen LogP contribution in [0.5, 0.6) is 5.75 Å². The van der Waals surface area contributed by atoms with E-state index in [0.29, 0.717) is 11.3 Å². The van der Waals surface area contributed by atoms with Crippen molar-refractivity contribution in [1.29, 1.82) is 0 Å². The van der Waals surface area contributed by atoms with E-state index in [1.165, 1.54) is 4.90 Å². The Bertz CT molecular complexity index is 1460. The van der Waals surface area contributed by atoms with Crippen LogP contribution in [0.1, 0.15) is 31.4 Å². The summed E-state index contributed by atoms with van der Waals surface area (Å²) in [5, 5.41) is 47.6. The minimum Gasteiger partial charge on any atom is -0.508 e. The maximum Gasteiger partial charge on any atom is 0.394 e. The van der Waals surface area contributed by atoms with Gasteiger partial charge in [-0.05, 0) is 58.3 Å². The van der Waals surface area contributed by atoms with Gasteiger partial charge in [0.05, 0.1) is 17.3 Å². The number of likely N-dealkylation sites (N-methyl/N-ethyl adjacent to an activating group) is 1. The highest BCUT2D eigenvalue weighted by Gasteiger charge is 2.64. The number of amides is 1. The van der Waals surface area contributed by atoms with Crippen LogP contribution in [0.2, 0.25) is 0 Å². The first-order chi connectivity index (χ1) is 18.2. The number of hydrogen-bond acceptors (Lipinski definition) is 12. The SMILES string of the molecule is CC(C)Nc1cc(N)c(O)c2c1CC1CC3[C@H](N(C)C)C(=O)C(C(N)=O)=C(O)C3(O)C(=O)C1=C2O.O=S(=O)(O)O. The molecule has 1 fully saturated rings. The van der Waals surface area contributed by atoms with Crippen molar-refractivity contribution >= 4 is 45.0 Å². The number of Topliss-reactive ketones (excluding diaryl/α,β-unsaturated/α-hetero) is 2. The van der Waals surface area contributed by atoms with Gasteiger partial charge in [0.2, 0.25) is 5.78 Å². The molecule has 4 atom stereocenters. The maximum atomic E-state index is 13.8. The Morgan fingerprint density at radius 3 is 2.20 bits per heavy atom. The third kappa shape index (κ3) is 5.11. The fraction of sp³-hybridized carbons (Fsp3) is 0.458. The predicted molar refractivity (Wildman–Crippen MR) is 142 cm³/mol. The van der Waals surface area contributed by atoms with Crippen LogP contribution in [0.4, 0.5) is 11.4 Å². The lowest BCUT2D eigenvalue weighted by molar-refractivity contribution is -0.153. The lowest BCUT2D eigenvalue weighted by Crippen LogP contribution is -2.65. The lowest BCUT2D eigenvalue weighted by atomic mass is 9.57. The van der Waals surface area contributed by atoms with E-state index in [0.717, 1.165) is 0 Å². The zero-order valence-corrected chi connectivity index (χ0v) is 22.9. The summed E-state index contributed by atoms with van der Waals surface area (Å²) < 4.78 is 31.6. The molecule has 3 unspecified atom stereocenters. The standard InChI is InChI=1S/C24H30N4O7.H2O4S/c1-8(2)27-13-7-12(25)18(29)15-10(13)5-9-6-11-17(28(3)4)20(31)16(23(26)34)22(33)24(11,35)21(32)14(9)19(15)30;1-5(2,3)4/h7-9,11,17,27,29-30,33,35H,5-6,25H2,1-4H3,(H2,26,34);(H2,1,2,3,4)/t9?,11?,17-,24?;/m0./s1. The summed E-state index contributed by atoms with van der Waals surface area (Å²) in [6.07, 6.45) is 0.218. The topological polar surface area (TPSA) is 274 Å². The number of aromatic hydroxyl groups is 1. The summed E-state index contributed by atoms with van der Waals surface area (Å²) in [6.45, 7) is 3.81. The van der Waals surface area contributed by atoms with Crippen molar-refractivity contribution in [1.82, 2.24) is 4.90 Å². The van der Waals surface area contributed by atoms with E-state index in [1.54, 1.807) is 20.2 Å². The Hall–Kier alpha value is -3.70. The first-order valence-electron chi connectivity index (χ1n) is 12.0. The molecule has 1 saturated carbocycles. The number of rotatable bonds is 4. The van der Waals surface area contributed by atoms with Gasteiger partial charge in [-0.2, -0.15) is 8.42 Å². The summed E-state index contributed by atoms with van der Waals surface area (Å²) in [5.74, 6) is -6.99. The molecule has 0 aliphatic heterocycles. The second-order valence-corrected chi connectivity index (χ2v) is 11.3. The minimum absolute atomic E-state index is 0.00275. The maximum absolute atomic E-state index is 13.8. The van der Waals surface area contributed by atoms with Crippen molar-refractivity contribution in [2.45, 2.75) is 44.4 Å². The third-order valence-corrected chi connectivity index (χ3v) is 7.19. The molecule has 4 rings (SSSR count). The van der Waals surface area contributed by atoms with Gasteiger partial charge in [-0.15, -0.1) is 0 Å². The fourth-order valence-corrected chi connectivity index (χ4v) is 5.77. The van der Waals surface area contributed by atoms with E-state index in [9.17, 15) is 34.8 Å². The van der Waals surface area contributed by atoms with Crippen molar-refractivity contribution in [2.24, 2.45) is 17.6 Å². The molecule has 11 N–H and O–H groups in total. The van der Waals surface area contributed by atoms with E-state index in [1.807, 2.05) is 13.8 Å². The summed E-state index contributed by atoms with van der Waals surface area (Å²) in [4.78, 5) is 40.4.